The molecule has 2 fully saturated rings. The number of nitrogens with zero attached hydrogens (tertiary/aromatic N) is 2. The second-order valence-corrected chi connectivity index (χ2v) is 5.66. The van der Waals surface area contributed by atoms with Gasteiger partial charge in [0.1, 0.15) is 0 Å². The fourth-order valence-electron chi connectivity index (χ4n) is 2.91. The lowest BCUT2D eigenvalue weighted by Gasteiger charge is -2.35. The zero-order chi connectivity index (χ0) is 15.6. The van der Waals surface area contributed by atoms with E-state index in [0.717, 1.165) is 6.42 Å². The quantitative estimate of drug-likeness (QED) is 0.724. The predicted octanol–water partition coefficient (Wildman–Crippen LogP) is 0.0879. The Hall–Kier alpha value is -1.47. The van der Waals surface area contributed by atoms with Crippen molar-refractivity contribution in [2.75, 3.05) is 19.7 Å². The fourth-order valence-corrected chi connectivity index (χ4v) is 2.91. The van der Waals surface area contributed by atoms with Gasteiger partial charge in [0, 0.05) is 19.1 Å². The van der Waals surface area contributed by atoms with E-state index in [4.69, 9.17) is 9.84 Å². The Morgan fingerprint density at radius 1 is 1.48 bits per heavy atom. The minimum atomic E-state index is -0.920. The first-order chi connectivity index (χ1) is 9.93. The molecule has 0 bridgehead atoms. The molecule has 7 nitrogen and oxygen atoms in total. The molecule has 0 spiro atoms. The number of carbonyl (C=O) groups is 3. The molecule has 2 rings (SSSR count). The van der Waals surface area contributed by atoms with Crippen LogP contribution < -0.4 is 0 Å². The minimum absolute atomic E-state index is 0.0829. The lowest BCUT2D eigenvalue weighted by atomic mass is 10.1. The highest BCUT2D eigenvalue weighted by atomic mass is 16.5. The van der Waals surface area contributed by atoms with E-state index in [1.807, 2.05) is 18.7 Å². The van der Waals surface area contributed by atoms with Gasteiger partial charge in [-0.2, -0.15) is 0 Å². The summed E-state index contributed by atoms with van der Waals surface area (Å²) < 4.78 is 5.40. The second kappa shape index (κ2) is 6.53. The van der Waals surface area contributed by atoms with E-state index in [-0.39, 0.29) is 30.7 Å². The van der Waals surface area contributed by atoms with Gasteiger partial charge >= 0.3 is 5.97 Å². The van der Waals surface area contributed by atoms with E-state index < -0.39 is 18.1 Å². The van der Waals surface area contributed by atoms with E-state index in [9.17, 15) is 14.4 Å². The molecule has 7 heteroatoms. The van der Waals surface area contributed by atoms with Crippen molar-refractivity contribution in [1.29, 1.82) is 0 Å². The van der Waals surface area contributed by atoms with Gasteiger partial charge in [-0.15, -0.1) is 0 Å². The van der Waals surface area contributed by atoms with Crippen molar-refractivity contribution in [2.24, 2.45) is 0 Å². The van der Waals surface area contributed by atoms with Crippen LogP contribution in [0.2, 0.25) is 0 Å². The van der Waals surface area contributed by atoms with Crippen LogP contribution in [0.15, 0.2) is 0 Å². The van der Waals surface area contributed by atoms with Crippen LogP contribution in [0.5, 0.6) is 0 Å². The molecule has 3 atom stereocenters. The molecule has 2 saturated heterocycles. The largest absolute Gasteiger partial charge is 0.481 e. The van der Waals surface area contributed by atoms with Gasteiger partial charge in [0.15, 0.2) is 0 Å². The maximum Gasteiger partial charge on any atom is 0.306 e. The Balaban J connectivity index is 2.03. The first-order valence-corrected chi connectivity index (χ1v) is 7.37. The Morgan fingerprint density at radius 3 is 2.81 bits per heavy atom. The molecular weight excluding hydrogens is 276 g/mol. The van der Waals surface area contributed by atoms with Gasteiger partial charge < -0.3 is 9.84 Å². The molecule has 118 valence electrons. The Bertz CT molecular complexity index is 439. The number of ether oxygens (including phenoxy) is 1. The molecule has 2 aliphatic heterocycles. The van der Waals surface area contributed by atoms with Gasteiger partial charge in [-0.1, -0.05) is 6.92 Å². The van der Waals surface area contributed by atoms with Crippen molar-refractivity contribution < 1.29 is 24.2 Å². The van der Waals surface area contributed by atoms with E-state index in [1.165, 1.54) is 4.90 Å². The normalized spacial score (nSPS) is 29.0. The third-order valence-electron chi connectivity index (χ3n) is 4.20. The number of carbonyl (C=O) groups excluding carboxylic acids is 2. The third-order valence-corrected chi connectivity index (χ3v) is 4.20. The highest BCUT2D eigenvalue weighted by Gasteiger charge is 2.44. The number of carboxylic acids is 1. The average Bonchev–Trinajstić information content (AvgIpc) is 2.73. The molecule has 2 aliphatic rings. The smallest absolute Gasteiger partial charge is 0.306 e. The summed E-state index contributed by atoms with van der Waals surface area (Å²) in [6.45, 7) is 5.12. The van der Waals surface area contributed by atoms with Crippen molar-refractivity contribution >= 4 is 17.8 Å². The first-order valence-electron chi connectivity index (χ1n) is 7.37. The third kappa shape index (κ3) is 3.41. The van der Waals surface area contributed by atoms with Crippen molar-refractivity contribution in [1.82, 2.24) is 9.80 Å². The van der Waals surface area contributed by atoms with Crippen molar-refractivity contribution in [3.05, 3.63) is 0 Å². The summed E-state index contributed by atoms with van der Waals surface area (Å²) in [5.41, 5.74) is 0. The number of carboxylic acid groups (broad SMARTS) is 1. The van der Waals surface area contributed by atoms with Crippen LogP contribution in [-0.2, 0) is 19.1 Å². The molecular formula is C14H22N2O5. The molecule has 0 aliphatic carbocycles. The van der Waals surface area contributed by atoms with Crippen LogP contribution in [0.25, 0.3) is 0 Å². The molecule has 1 N–H and O–H groups in total. The summed E-state index contributed by atoms with van der Waals surface area (Å²) in [4.78, 5) is 38.5. The summed E-state index contributed by atoms with van der Waals surface area (Å²) in [7, 11) is 0. The van der Waals surface area contributed by atoms with Gasteiger partial charge in [-0.25, -0.2) is 0 Å². The molecule has 0 aromatic rings. The zero-order valence-corrected chi connectivity index (χ0v) is 12.4. The molecule has 2 heterocycles. The van der Waals surface area contributed by atoms with Crippen LogP contribution in [0.1, 0.15) is 33.1 Å². The summed E-state index contributed by atoms with van der Waals surface area (Å²) in [6.07, 6.45) is 0.412. The van der Waals surface area contributed by atoms with Gasteiger partial charge in [0.25, 0.3) is 0 Å². The Kier molecular flexibility index (Phi) is 4.95. The SMILES string of the molecule is CCC(C)N1C(=O)CC(N2CCOC(CC(=O)O)C2)C1=O. The van der Waals surface area contributed by atoms with Crippen molar-refractivity contribution in [3.8, 4) is 0 Å². The lowest BCUT2D eigenvalue weighted by Crippen LogP contribution is -2.51. The summed E-state index contributed by atoms with van der Waals surface area (Å²) in [5, 5.41) is 8.83. The highest BCUT2D eigenvalue weighted by Crippen LogP contribution is 2.24. The van der Waals surface area contributed by atoms with E-state index >= 15 is 0 Å². The maximum absolute atomic E-state index is 12.5. The monoisotopic (exact) mass is 298 g/mol. The number of morpholine rings is 1. The number of hydrogen-bond acceptors (Lipinski definition) is 5. The zero-order valence-electron chi connectivity index (χ0n) is 12.4. The number of rotatable bonds is 5. The molecule has 0 saturated carbocycles. The van der Waals surface area contributed by atoms with Gasteiger partial charge in [-0.3, -0.25) is 24.2 Å². The predicted molar refractivity (Wildman–Crippen MR) is 73.6 cm³/mol. The number of amides is 2. The van der Waals surface area contributed by atoms with E-state index in [1.54, 1.807) is 0 Å². The van der Waals surface area contributed by atoms with Crippen molar-refractivity contribution in [2.45, 2.75) is 51.3 Å². The summed E-state index contributed by atoms with van der Waals surface area (Å²) >= 11 is 0. The number of imide groups is 1. The second-order valence-electron chi connectivity index (χ2n) is 5.66. The van der Waals surface area contributed by atoms with Crippen molar-refractivity contribution in [3.63, 3.8) is 0 Å². The number of hydrogen-bond donors (Lipinski definition) is 1. The topological polar surface area (TPSA) is 87.2 Å². The van der Waals surface area contributed by atoms with Gasteiger partial charge in [0.05, 0.1) is 31.6 Å². The van der Waals surface area contributed by atoms with Crippen LogP contribution in [0.4, 0.5) is 0 Å². The minimum Gasteiger partial charge on any atom is -0.481 e. The van der Waals surface area contributed by atoms with Crippen LogP contribution in [-0.4, -0.2) is 70.6 Å². The van der Waals surface area contributed by atoms with E-state index in [0.29, 0.717) is 19.7 Å². The summed E-state index contributed by atoms with van der Waals surface area (Å²) in [6, 6.07) is -0.558. The summed E-state index contributed by atoms with van der Waals surface area (Å²) in [5.74, 6) is -1.22. The highest BCUT2D eigenvalue weighted by molar-refractivity contribution is 6.05. The first kappa shape index (κ1) is 15.9. The fraction of sp³-hybridized carbons (Fsp3) is 0.786. The van der Waals surface area contributed by atoms with Gasteiger partial charge in [-0.05, 0) is 13.3 Å². The standard InChI is InChI=1S/C14H22N2O5/c1-3-9(2)16-12(17)7-11(14(16)20)15-4-5-21-10(8-15)6-13(18)19/h9-11H,3-8H2,1-2H3,(H,18,19). The molecule has 0 aromatic heterocycles. The molecule has 2 amide bonds. The maximum atomic E-state index is 12.5. The molecule has 3 unspecified atom stereocenters. The Labute approximate surface area is 123 Å². The van der Waals surface area contributed by atoms with Crippen LogP contribution >= 0.6 is 0 Å². The lowest BCUT2D eigenvalue weighted by molar-refractivity contribution is -0.144. The van der Waals surface area contributed by atoms with E-state index in [2.05, 4.69) is 0 Å². The molecule has 0 aromatic carbocycles. The molecule has 21 heavy (non-hydrogen) atoms. The number of aliphatic carboxylic acids is 1. The van der Waals surface area contributed by atoms with Gasteiger partial charge in [0.2, 0.25) is 11.8 Å². The van der Waals surface area contributed by atoms with Crippen LogP contribution in [0, 0.1) is 0 Å². The average molecular weight is 298 g/mol. The Morgan fingerprint density at radius 2 is 2.19 bits per heavy atom. The molecule has 0 radical (unpaired) electrons. The van der Waals surface area contributed by atoms with Crippen LogP contribution in [0.3, 0.4) is 0 Å². The number of likely N-dealkylation sites (tertiary alicyclic amines) is 1.